The molecule has 0 aliphatic rings. The normalized spacial score (nSPS) is 11.9. The number of nitrogens with zero attached hydrogens (tertiary/aromatic N) is 1. The van der Waals surface area contributed by atoms with Crippen LogP contribution in [0.5, 0.6) is 0 Å². The molecule has 0 fully saturated rings. The van der Waals surface area contributed by atoms with Gasteiger partial charge < -0.3 is 10.4 Å². The SMILES string of the molecule is O=C(CCSc1ccccc1Cl)NCC(O)c1ccncc1. The third kappa shape index (κ3) is 5.33. The van der Waals surface area contributed by atoms with Gasteiger partial charge in [-0.05, 0) is 29.8 Å². The Hall–Kier alpha value is -1.56. The molecule has 0 aliphatic heterocycles. The quantitative estimate of drug-likeness (QED) is 0.763. The Morgan fingerprint density at radius 2 is 2.00 bits per heavy atom. The van der Waals surface area contributed by atoms with Gasteiger partial charge >= 0.3 is 0 Å². The largest absolute Gasteiger partial charge is 0.387 e. The molecule has 2 aromatic rings. The number of pyridine rings is 1. The van der Waals surface area contributed by atoms with Crippen molar-refractivity contribution in [3.63, 3.8) is 0 Å². The van der Waals surface area contributed by atoms with E-state index >= 15 is 0 Å². The smallest absolute Gasteiger partial charge is 0.220 e. The van der Waals surface area contributed by atoms with Gasteiger partial charge in [0.25, 0.3) is 0 Å². The van der Waals surface area contributed by atoms with E-state index in [-0.39, 0.29) is 12.5 Å². The fraction of sp³-hybridized carbons (Fsp3) is 0.250. The van der Waals surface area contributed by atoms with Crippen LogP contribution in [0.3, 0.4) is 0 Å². The number of aliphatic hydroxyl groups excluding tert-OH is 1. The molecule has 1 unspecified atom stereocenters. The van der Waals surface area contributed by atoms with Gasteiger partial charge in [0.2, 0.25) is 5.91 Å². The highest BCUT2D eigenvalue weighted by atomic mass is 35.5. The lowest BCUT2D eigenvalue weighted by atomic mass is 10.1. The molecule has 0 saturated carbocycles. The van der Waals surface area contributed by atoms with E-state index in [9.17, 15) is 9.90 Å². The number of halogens is 1. The summed E-state index contributed by atoms with van der Waals surface area (Å²) in [6, 6.07) is 11.0. The molecule has 1 amide bonds. The Morgan fingerprint density at radius 1 is 1.27 bits per heavy atom. The van der Waals surface area contributed by atoms with E-state index in [0.29, 0.717) is 17.2 Å². The summed E-state index contributed by atoms with van der Waals surface area (Å²) in [5.74, 6) is 0.550. The van der Waals surface area contributed by atoms with E-state index in [2.05, 4.69) is 10.3 Å². The molecule has 0 saturated heterocycles. The van der Waals surface area contributed by atoms with Gasteiger partial charge in [0, 0.05) is 36.0 Å². The number of thioether (sulfide) groups is 1. The molecule has 0 bridgehead atoms. The van der Waals surface area contributed by atoms with E-state index in [0.717, 1.165) is 10.5 Å². The number of amides is 1. The van der Waals surface area contributed by atoms with Crippen LogP contribution in [-0.2, 0) is 4.79 Å². The summed E-state index contributed by atoms with van der Waals surface area (Å²) in [5.41, 5.74) is 0.737. The molecule has 2 N–H and O–H groups in total. The lowest BCUT2D eigenvalue weighted by Gasteiger charge is -2.12. The fourth-order valence-electron chi connectivity index (χ4n) is 1.82. The predicted octanol–water partition coefficient (Wildman–Crippen LogP) is 3.07. The first-order valence-corrected chi connectivity index (χ1v) is 8.25. The van der Waals surface area contributed by atoms with Crippen molar-refractivity contribution in [3.8, 4) is 0 Å². The van der Waals surface area contributed by atoms with Crippen LogP contribution in [-0.4, -0.2) is 28.3 Å². The molecule has 6 heteroatoms. The molecule has 1 heterocycles. The van der Waals surface area contributed by atoms with E-state index < -0.39 is 6.10 Å². The molecule has 1 atom stereocenters. The summed E-state index contributed by atoms with van der Waals surface area (Å²) in [4.78, 5) is 16.6. The minimum atomic E-state index is -0.719. The number of hydrogen-bond acceptors (Lipinski definition) is 4. The summed E-state index contributed by atoms with van der Waals surface area (Å²) in [7, 11) is 0. The lowest BCUT2D eigenvalue weighted by molar-refractivity contribution is -0.121. The molecule has 0 radical (unpaired) electrons. The minimum Gasteiger partial charge on any atom is -0.387 e. The predicted molar refractivity (Wildman–Crippen MR) is 89.0 cm³/mol. The summed E-state index contributed by atoms with van der Waals surface area (Å²) in [5, 5.41) is 13.4. The first kappa shape index (κ1) is 16.8. The van der Waals surface area contributed by atoms with Crippen molar-refractivity contribution < 1.29 is 9.90 Å². The van der Waals surface area contributed by atoms with Crippen LogP contribution in [0.25, 0.3) is 0 Å². The van der Waals surface area contributed by atoms with Crippen LogP contribution >= 0.6 is 23.4 Å². The maximum atomic E-state index is 11.8. The zero-order valence-corrected chi connectivity index (χ0v) is 13.5. The van der Waals surface area contributed by atoms with Crippen molar-refractivity contribution in [2.45, 2.75) is 17.4 Å². The first-order valence-electron chi connectivity index (χ1n) is 6.89. The maximum absolute atomic E-state index is 11.8. The van der Waals surface area contributed by atoms with Crippen molar-refractivity contribution in [1.29, 1.82) is 0 Å². The standard InChI is InChI=1S/C16H17ClN2O2S/c17-13-3-1-2-4-15(13)22-10-7-16(21)19-11-14(20)12-5-8-18-9-6-12/h1-6,8-9,14,20H,7,10-11H2,(H,19,21). The van der Waals surface area contributed by atoms with Crippen LogP contribution in [0.1, 0.15) is 18.1 Å². The number of benzene rings is 1. The number of rotatable bonds is 7. The summed E-state index contributed by atoms with van der Waals surface area (Å²) in [6.07, 6.45) is 2.88. The van der Waals surface area contributed by atoms with Crippen molar-refractivity contribution >= 4 is 29.3 Å². The zero-order valence-electron chi connectivity index (χ0n) is 11.9. The monoisotopic (exact) mass is 336 g/mol. The lowest BCUT2D eigenvalue weighted by Crippen LogP contribution is -2.28. The molecular weight excluding hydrogens is 320 g/mol. The van der Waals surface area contributed by atoms with Gasteiger partial charge in [0.1, 0.15) is 0 Å². The first-order chi connectivity index (χ1) is 10.7. The van der Waals surface area contributed by atoms with Gasteiger partial charge in [-0.3, -0.25) is 9.78 Å². The second kappa shape index (κ2) is 8.78. The average Bonchev–Trinajstić information content (AvgIpc) is 2.55. The Morgan fingerprint density at radius 3 is 2.73 bits per heavy atom. The number of hydrogen-bond donors (Lipinski definition) is 2. The fourth-order valence-corrected chi connectivity index (χ4v) is 3.01. The second-order valence-corrected chi connectivity index (χ2v) is 6.17. The Labute approximate surface area is 138 Å². The molecule has 2 rings (SSSR count). The number of aromatic nitrogens is 1. The zero-order chi connectivity index (χ0) is 15.8. The summed E-state index contributed by atoms with van der Waals surface area (Å²) < 4.78 is 0. The highest BCUT2D eigenvalue weighted by Crippen LogP contribution is 2.26. The molecule has 116 valence electrons. The second-order valence-electron chi connectivity index (χ2n) is 4.63. The summed E-state index contributed by atoms with van der Waals surface area (Å²) >= 11 is 7.59. The molecular formula is C16H17ClN2O2S. The number of aliphatic hydroxyl groups is 1. The van der Waals surface area contributed by atoms with Crippen molar-refractivity contribution in [1.82, 2.24) is 10.3 Å². The van der Waals surface area contributed by atoms with Crippen LogP contribution in [0.15, 0.2) is 53.7 Å². The topological polar surface area (TPSA) is 62.2 Å². The number of carbonyl (C=O) groups is 1. The van der Waals surface area contributed by atoms with Crippen LogP contribution in [0.4, 0.5) is 0 Å². The van der Waals surface area contributed by atoms with Gasteiger partial charge in [-0.15, -0.1) is 11.8 Å². The molecule has 1 aromatic heterocycles. The highest BCUT2D eigenvalue weighted by molar-refractivity contribution is 7.99. The van der Waals surface area contributed by atoms with Gasteiger partial charge in [-0.1, -0.05) is 23.7 Å². The molecule has 0 aliphatic carbocycles. The number of carbonyl (C=O) groups excluding carboxylic acids is 1. The van der Waals surface area contributed by atoms with Gasteiger partial charge in [0.05, 0.1) is 11.1 Å². The van der Waals surface area contributed by atoms with Gasteiger partial charge in [-0.25, -0.2) is 0 Å². The Bertz CT molecular complexity index is 610. The molecule has 4 nitrogen and oxygen atoms in total. The average molecular weight is 337 g/mol. The number of nitrogens with one attached hydrogen (secondary N) is 1. The van der Waals surface area contributed by atoms with Crippen molar-refractivity contribution in [2.75, 3.05) is 12.3 Å². The Kier molecular flexibility index (Phi) is 6.71. The highest BCUT2D eigenvalue weighted by Gasteiger charge is 2.09. The third-order valence-corrected chi connectivity index (χ3v) is 4.52. The molecule has 0 spiro atoms. The van der Waals surface area contributed by atoms with Gasteiger partial charge in [0.15, 0.2) is 0 Å². The van der Waals surface area contributed by atoms with Crippen molar-refractivity contribution in [2.24, 2.45) is 0 Å². The molecule has 22 heavy (non-hydrogen) atoms. The van der Waals surface area contributed by atoms with Crippen molar-refractivity contribution in [3.05, 3.63) is 59.4 Å². The van der Waals surface area contributed by atoms with Gasteiger partial charge in [-0.2, -0.15) is 0 Å². The van der Waals surface area contributed by atoms with E-state index in [1.165, 1.54) is 0 Å². The maximum Gasteiger partial charge on any atom is 0.220 e. The van der Waals surface area contributed by atoms with Crippen LogP contribution in [0, 0.1) is 0 Å². The van der Waals surface area contributed by atoms with Crippen LogP contribution in [0.2, 0.25) is 5.02 Å². The van der Waals surface area contributed by atoms with E-state index in [1.807, 2.05) is 24.3 Å². The van der Waals surface area contributed by atoms with E-state index in [1.54, 1.807) is 36.3 Å². The third-order valence-electron chi connectivity index (χ3n) is 3.01. The Balaban J connectivity index is 1.69. The summed E-state index contributed by atoms with van der Waals surface area (Å²) in [6.45, 7) is 0.194. The van der Waals surface area contributed by atoms with Crippen LogP contribution < -0.4 is 5.32 Å². The van der Waals surface area contributed by atoms with E-state index in [4.69, 9.17) is 11.6 Å². The minimum absolute atomic E-state index is 0.0901. The molecule has 1 aromatic carbocycles.